The normalized spacial score (nSPS) is 16.4. The number of halogens is 1. The van der Waals surface area contributed by atoms with Crippen LogP contribution in [-0.4, -0.2) is 30.4 Å². The minimum absolute atomic E-state index is 0.251. The van der Waals surface area contributed by atoms with Gasteiger partial charge in [-0.1, -0.05) is 24.6 Å². The number of piperidine rings is 1. The monoisotopic (exact) mass is 280 g/mol. The summed E-state index contributed by atoms with van der Waals surface area (Å²) in [6.07, 6.45) is 2.81. The Balaban J connectivity index is 1.72. The van der Waals surface area contributed by atoms with Crippen molar-refractivity contribution in [3.63, 3.8) is 0 Å². The Kier molecular flexibility index (Phi) is 5.08. The van der Waals surface area contributed by atoms with Crippen LogP contribution in [0.2, 0.25) is 5.02 Å². The van der Waals surface area contributed by atoms with Crippen molar-refractivity contribution >= 4 is 23.2 Å². The number of rotatable bonds is 4. The first kappa shape index (κ1) is 14.2. The standard InChI is InChI=1S/C15H21ClN2O/c1-12-6-9-18(10-7-12)15(19)5-8-17-14-4-2-3-13(16)11-14/h2-4,11-12,17H,5-10H2,1H3. The number of carbonyl (C=O) groups is 1. The minimum atomic E-state index is 0.251. The molecule has 1 fully saturated rings. The second-order valence-electron chi connectivity index (χ2n) is 5.25. The Labute approximate surface area is 119 Å². The molecule has 0 bridgehead atoms. The van der Waals surface area contributed by atoms with Gasteiger partial charge in [-0.25, -0.2) is 0 Å². The summed E-state index contributed by atoms with van der Waals surface area (Å²) in [5.74, 6) is 1.01. The van der Waals surface area contributed by atoms with Crippen LogP contribution in [-0.2, 0) is 4.79 Å². The number of likely N-dealkylation sites (tertiary alicyclic amines) is 1. The maximum Gasteiger partial charge on any atom is 0.224 e. The van der Waals surface area contributed by atoms with Crippen LogP contribution in [0.1, 0.15) is 26.2 Å². The average Bonchev–Trinajstić information content (AvgIpc) is 2.39. The lowest BCUT2D eigenvalue weighted by atomic mass is 9.99. The van der Waals surface area contributed by atoms with Gasteiger partial charge in [-0.15, -0.1) is 0 Å². The van der Waals surface area contributed by atoms with Crippen molar-refractivity contribution in [2.45, 2.75) is 26.2 Å². The molecule has 1 aliphatic rings. The van der Waals surface area contributed by atoms with E-state index in [2.05, 4.69) is 12.2 Å². The number of nitrogens with zero attached hydrogens (tertiary/aromatic N) is 1. The molecule has 4 heteroatoms. The van der Waals surface area contributed by atoms with Gasteiger partial charge in [0.1, 0.15) is 0 Å². The van der Waals surface area contributed by atoms with Gasteiger partial charge in [0, 0.05) is 36.8 Å². The van der Waals surface area contributed by atoms with Crippen molar-refractivity contribution in [3.8, 4) is 0 Å². The summed E-state index contributed by atoms with van der Waals surface area (Å²) in [6.45, 7) is 4.74. The largest absolute Gasteiger partial charge is 0.384 e. The molecule has 1 aromatic rings. The molecule has 1 saturated heterocycles. The van der Waals surface area contributed by atoms with Gasteiger partial charge in [0.25, 0.3) is 0 Å². The van der Waals surface area contributed by atoms with Crippen LogP contribution in [0.15, 0.2) is 24.3 Å². The Hall–Kier alpha value is -1.22. The van der Waals surface area contributed by atoms with E-state index in [1.165, 1.54) is 0 Å². The molecule has 0 unspecified atom stereocenters. The lowest BCUT2D eigenvalue weighted by Crippen LogP contribution is -2.38. The number of amides is 1. The summed E-state index contributed by atoms with van der Waals surface area (Å²) in [7, 11) is 0. The van der Waals surface area contributed by atoms with Crippen LogP contribution >= 0.6 is 11.6 Å². The zero-order valence-electron chi connectivity index (χ0n) is 11.4. The molecule has 2 rings (SSSR count). The van der Waals surface area contributed by atoms with Crippen LogP contribution in [0.5, 0.6) is 0 Å². The second-order valence-corrected chi connectivity index (χ2v) is 5.69. The number of nitrogens with one attached hydrogen (secondary N) is 1. The smallest absolute Gasteiger partial charge is 0.224 e. The van der Waals surface area contributed by atoms with Crippen LogP contribution in [0, 0.1) is 5.92 Å². The lowest BCUT2D eigenvalue weighted by Gasteiger charge is -2.30. The van der Waals surface area contributed by atoms with Crippen LogP contribution in [0.3, 0.4) is 0 Å². The van der Waals surface area contributed by atoms with E-state index in [0.29, 0.717) is 18.0 Å². The van der Waals surface area contributed by atoms with Crippen molar-refractivity contribution < 1.29 is 4.79 Å². The van der Waals surface area contributed by atoms with E-state index in [1.54, 1.807) is 0 Å². The SMILES string of the molecule is CC1CCN(C(=O)CCNc2cccc(Cl)c2)CC1. The molecule has 1 N–H and O–H groups in total. The van der Waals surface area contributed by atoms with E-state index in [4.69, 9.17) is 11.6 Å². The maximum atomic E-state index is 12.0. The molecule has 0 radical (unpaired) electrons. The van der Waals surface area contributed by atoms with E-state index >= 15 is 0 Å². The first-order valence-corrected chi connectivity index (χ1v) is 7.30. The summed E-state index contributed by atoms with van der Waals surface area (Å²) in [4.78, 5) is 14.0. The molecular formula is C15H21ClN2O. The highest BCUT2D eigenvalue weighted by molar-refractivity contribution is 6.30. The van der Waals surface area contributed by atoms with Crippen molar-refractivity contribution in [1.82, 2.24) is 4.90 Å². The molecule has 0 aliphatic carbocycles. The molecule has 3 nitrogen and oxygen atoms in total. The summed E-state index contributed by atoms with van der Waals surface area (Å²) in [6, 6.07) is 7.57. The molecule has 104 valence electrons. The Morgan fingerprint density at radius 2 is 2.16 bits per heavy atom. The molecule has 1 amide bonds. The highest BCUT2D eigenvalue weighted by atomic mass is 35.5. The molecule has 1 heterocycles. The zero-order valence-corrected chi connectivity index (χ0v) is 12.1. The van der Waals surface area contributed by atoms with E-state index in [1.807, 2.05) is 29.2 Å². The third-order valence-corrected chi connectivity index (χ3v) is 3.86. The summed E-state index contributed by atoms with van der Waals surface area (Å²) in [5, 5.41) is 3.94. The molecule has 19 heavy (non-hydrogen) atoms. The second kappa shape index (κ2) is 6.80. The number of hydrogen-bond donors (Lipinski definition) is 1. The number of anilines is 1. The number of hydrogen-bond acceptors (Lipinski definition) is 2. The minimum Gasteiger partial charge on any atom is -0.384 e. The first-order chi connectivity index (χ1) is 9.15. The van der Waals surface area contributed by atoms with Crippen molar-refractivity contribution in [3.05, 3.63) is 29.3 Å². The third kappa shape index (κ3) is 4.43. The highest BCUT2D eigenvalue weighted by Gasteiger charge is 2.19. The summed E-state index contributed by atoms with van der Waals surface area (Å²) < 4.78 is 0. The Morgan fingerprint density at radius 3 is 2.84 bits per heavy atom. The summed E-state index contributed by atoms with van der Waals surface area (Å²) in [5.41, 5.74) is 0.965. The zero-order chi connectivity index (χ0) is 13.7. The number of benzene rings is 1. The fourth-order valence-electron chi connectivity index (χ4n) is 2.33. The van der Waals surface area contributed by atoms with Gasteiger partial charge in [-0.05, 0) is 37.0 Å². The lowest BCUT2D eigenvalue weighted by molar-refractivity contribution is -0.132. The van der Waals surface area contributed by atoms with Gasteiger partial charge < -0.3 is 10.2 Å². The van der Waals surface area contributed by atoms with Gasteiger partial charge in [0.15, 0.2) is 0 Å². The molecule has 0 spiro atoms. The third-order valence-electron chi connectivity index (χ3n) is 3.63. The van der Waals surface area contributed by atoms with E-state index in [9.17, 15) is 4.79 Å². The number of carbonyl (C=O) groups excluding carboxylic acids is 1. The predicted molar refractivity (Wildman–Crippen MR) is 79.5 cm³/mol. The molecule has 0 saturated carbocycles. The van der Waals surface area contributed by atoms with E-state index in [0.717, 1.165) is 37.5 Å². The summed E-state index contributed by atoms with van der Waals surface area (Å²) >= 11 is 5.91. The van der Waals surface area contributed by atoms with Gasteiger partial charge in [0.05, 0.1) is 0 Å². The topological polar surface area (TPSA) is 32.3 Å². The average molecular weight is 281 g/mol. The molecule has 0 atom stereocenters. The van der Waals surface area contributed by atoms with E-state index < -0.39 is 0 Å². The van der Waals surface area contributed by atoms with Crippen molar-refractivity contribution in [2.75, 3.05) is 25.0 Å². The van der Waals surface area contributed by atoms with Crippen LogP contribution in [0.4, 0.5) is 5.69 Å². The van der Waals surface area contributed by atoms with Crippen molar-refractivity contribution in [2.24, 2.45) is 5.92 Å². The van der Waals surface area contributed by atoms with Gasteiger partial charge >= 0.3 is 0 Å². The fourth-order valence-corrected chi connectivity index (χ4v) is 2.52. The van der Waals surface area contributed by atoms with Gasteiger partial charge in [-0.3, -0.25) is 4.79 Å². The molecular weight excluding hydrogens is 260 g/mol. The quantitative estimate of drug-likeness (QED) is 0.917. The van der Waals surface area contributed by atoms with Crippen molar-refractivity contribution in [1.29, 1.82) is 0 Å². The first-order valence-electron chi connectivity index (χ1n) is 6.92. The van der Waals surface area contributed by atoms with Gasteiger partial charge in [-0.2, -0.15) is 0 Å². The molecule has 1 aliphatic heterocycles. The van der Waals surface area contributed by atoms with Gasteiger partial charge in [0.2, 0.25) is 5.91 Å². The molecule has 1 aromatic carbocycles. The predicted octanol–water partition coefficient (Wildman–Crippen LogP) is 3.40. The van der Waals surface area contributed by atoms with Crippen LogP contribution < -0.4 is 5.32 Å². The Bertz CT molecular complexity index is 428. The Morgan fingerprint density at radius 1 is 1.42 bits per heavy atom. The highest BCUT2D eigenvalue weighted by Crippen LogP contribution is 2.17. The molecule has 0 aromatic heterocycles. The van der Waals surface area contributed by atoms with Crippen LogP contribution in [0.25, 0.3) is 0 Å². The van der Waals surface area contributed by atoms with E-state index in [-0.39, 0.29) is 5.91 Å². The maximum absolute atomic E-state index is 12.0. The fraction of sp³-hybridized carbons (Fsp3) is 0.533.